The Morgan fingerprint density at radius 1 is 1.22 bits per heavy atom. The van der Waals surface area contributed by atoms with Crippen LogP contribution in [0, 0.1) is 0 Å². The normalized spacial score (nSPS) is 16.9. The number of piperidine rings is 1. The summed E-state index contributed by atoms with van der Waals surface area (Å²) in [5.41, 5.74) is 1.44. The Labute approximate surface area is 157 Å². The van der Waals surface area contributed by atoms with Crippen molar-refractivity contribution in [2.75, 3.05) is 20.2 Å². The molecule has 1 fully saturated rings. The first-order chi connectivity index (χ1) is 13.2. The molecule has 1 aromatic carbocycles. The molecule has 4 rings (SSSR count). The van der Waals surface area contributed by atoms with Crippen LogP contribution in [0.15, 0.2) is 53.2 Å². The van der Waals surface area contributed by atoms with E-state index < -0.39 is 0 Å². The summed E-state index contributed by atoms with van der Waals surface area (Å²) in [5, 5.41) is 8.40. The lowest BCUT2D eigenvalue weighted by Crippen LogP contribution is -2.39. The number of methoxy groups -OCH3 is 1. The highest BCUT2D eigenvalue weighted by Gasteiger charge is 2.29. The van der Waals surface area contributed by atoms with Gasteiger partial charge >= 0.3 is 0 Å². The molecule has 0 N–H and O–H groups in total. The number of carbonyl (C=O) groups is 1. The fraction of sp³-hybridized carbons (Fsp3) is 0.300. The SMILES string of the molecule is COc1ccc(-c2nnc([C@@H]3CCCN(C(=O)c4cccnc4)C3)o2)cc1. The summed E-state index contributed by atoms with van der Waals surface area (Å²) in [4.78, 5) is 18.5. The van der Waals surface area contributed by atoms with Gasteiger partial charge in [-0.25, -0.2) is 0 Å². The molecular formula is C20H20N4O3. The van der Waals surface area contributed by atoms with Gasteiger partial charge < -0.3 is 14.1 Å². The molecule has 138 valence electrons. The predicted octanol–water partition coefficient (Wildman–Crippen LogP) is 3.16. The molecule has 2 aromatic heterocycles. The van der Waals surface area contributed by atoms with Crippen LogP contribution in [-0.4, -0.2) is 46.2 Å². The fourth-order valence-electron chi connectivity index (χ4n) is 3.28. The maximum absolute atomic E-state index is 12.7. The third kappa shape index (κ3) is 3.67. The summed E-state index contributed by atoms with van der Waals surface area (Å²) in [5.74, 6) is 1.85. The van der Waals surface area contributed by atoms with Crippen LogP contribution in [-0.2, 0) is 0 Å². The standard InChI is InChI=1S/C20H20N4O3/c1-26-17-8-6-14(7-9-17)18-22-23-19(27-18)16-5-3-11-24(13-16)20(25)15-4-2-10-21-12-15/h2,4,6-10,12,16H,3,5,11,13H2,1H3/t16-/m1/s1. The molecule has 1 aliphatic rings. The number of carbonyl (C=O) groups excluding carboxylic acids is 1. The number of amides is 1. The average Bonchev–Trinajstić information content (AvgIpc) is 3.24. The van der Waals surface area contributed by atoms with Crippen LogP contribution in [0.2, 0.25) is 0 Å². The van der Waals surface area contributed by atoms with E-state index in [-0.39, 0.29) is 11.8 Å². The van der Waals surface area contributed by atoms with Crippen molar-refractivity contribution in [1.82, 2.24) is 20.1 Å². The van der Waals surface area contributed by atoms with Gasteiger partial charge in [-0.15, -0.1) is 10.2 Å². The van der Waals surface area contributed by atoms with Crippen molar-refractivity contribution in [3.05, 3.63) is 60.2 Å². The van der Waals surface area contributed by atoms with Crippen LogP contribution < -0.4 is 4.74 Å². The van der Waals surface area contributed by atoms with E-state index in [0.29, 0.717) is 23.9 Å². The molecule has 7 heteroatoms. The van der Waals surface area contributed by atoms with Gasteiger partial charge in [-0.1, -0.05) is 0 Å². The first-order valence-corrected chi connectivity index (χ1v) is 8.91. The van der Waals surface area contributed by atoms with Crippen molar-refractivity contribution >= 4 is 5.91 Å². The van der Waals surface area contributed by atoms with Gasteiger partial charge in [0.2, 0.25) is 11.8 Å². The van der Waals surface area contributed by atoms with Crippen molar-refractivity contribution < 1.29 is 13.9 Å². The Morgan fingerprint density at radius 3 is 2.81 bits per heavy atom. The monoisotopic (exact) mass is 364 g/mol. The molecule has 3 heterocycles. The van der Waals surface area contributed by atoms with Crippen molar-refractivity contribution in [2.45, 2.75) is 18.8 Å². The van der Waals surface area contributed by atoms with Crippen molar-refractivity contribution in [3.63, 3.8) is 0 Å². The topological polar surface area (TPSA) is 81.4 Å². The minimum Gasteiger partial charge on any atom is -0.497 e. The number of benzene rings is 1. The van der Waals surface area contributed by atoms with Crippen LogP contribution in [0.3, 0.4) is 0 Å². The molecule has 27 heavy (non-hydrogen) atoms. The number of pyridine rings is 1. The summed E-state index contributed by atoms with van der Waals surface area (Å²) in [7, 11) is 1.63. The first kappa shape index (κ1) is 17.2. The molecule has 0 unspecified atom stereocenters. The minimum absolute atomic E-state index is 0.0114. The average molecular weight is 364 g/mol. The predicted molar refractivity (Wildman–Crippen MR) is 98.4 cm³/mol. The van der Waals surface area contributed by atoms with E-state index in [1.807, 2.05) is 29.2 Å². The number of rotatable bonds is 4. The largest absolute Gasteiger partial charge is 0.497 e. The van der Waals surface area contributed by atoms with Crippen LogP contribution in [0.4, 0.5) is 0 Å². The molecule has 1 aliphatic heterocycles. The molecule has 0 saturated carbocycles. The van der Waals surface area contributed by atoms with Gasteiger partial charge in [0.05, 0.1) is 18.6 Å². The lowest BCUT2D eigenvalue weighted by molar-refractivity contribution is 0.0698. The van der Waals surface area contributed by atoms with Gasteiger partial charge in [0.15, 0.2) is 0 Å². The first-order valence-electron chi connectivity index (χ1n) is 8.91. The summed E-state index contributed by atoms with van der Waals surface area (Å²) in [6.45, 7) is 1.29. The van der Waals surface area contributed by atoms with Gasteiger partial charge in [-0.3, -0.25) is 9.78 Å². The zero-order valence-electron chi connectivity index (χ0n) is 15.0. The lowest BCUT2D eigenvalue weighted by Gasteiger charge is -2.31. The van der Waals surface area contributed by atoms with E-state index in [4.69, 9.17) is 9.15 Å². The highest BCUT2D eigenvalue weighted by atomic mass is 16.5. The van der Waals surface area contributed by atoms with E-state index >= 15 is 0 Å². The zero-order chi connectivity index (χ0) is 18.6. The van der Waals surface area contributed by atoms with Crippen LogP contribution in [0.1, 0.15) is 35.0 Å². The summed E-state index contributed by atoms with van der Waals surface area (Å²) in [6.07, 6.45) is 5.08. The Kier molecular flexibility index (Phi) is 4.82. The van der Waals surface area contributed by atoms with Gasteiger partial charge in [-0.05, 0) is 49.2 Å². The molecule has 1 atom stereocenters. The molecule has 7 nitrogen and oxygen atoms in total. The molecule has 0 radical (unpaired) electrons. The van der Waals surface area contributed by atoms with Gasteiger partial charge in [0.25, 0.3) is 5.91 Å². The molecule has 3 aromatic rings. The Balaban J connectivity index is 1.48. The zero-order valence-corrected chi connectivity index (χ0v) is 15.0. The Bertz CT molecular complexity index is 908. The maximum Gasteiger partial charge on any atom is 0.255 e. The van der Waals surface area contributed by atoms with E-state index in [1.165, 1.54) is 0 Å². The van der Waals surface area contributed by atoms with Gasteiger partial charge in [0, 0.05) is 31.0 Å². The van der Waals surface area contributed by atoms with E-state index in [2.05, 4.69) is 15.2 Å². The number of aromatic nitrogens is 3. The third-order valence-electron chi connectivity index (χ3n) is 4.74. The summed E-state index contributed by atoms with van der Waals surface area (Å²) < 4.78 is 11.1. The van der Waals surface area contributed by atoms with Crippen LogP contribution in [0.5, 0.6) is 5.75 Å². The highest BCUT2D eigenvalue weighted by molar-refractivity contribution is 5.93. The Morgan fingerprint density at radius 2 is 2.07 bits per heavy atom. The van der Waals surface area contributed by atoms with Gasteiger partial charge in [-0.2, -0.15) is 0 Å². The van der Waals surface area contributed by atoms with Crippen LogP contribution in [0.25, 0.3) is 11.5 Å². The lowest BCUT2D eigenvalue weighted by atomic mass is 9.97. The second kappa shape index (κ2) is 7.57. The van der Waals surface area contributed by atoms with Crippen LogP contribution >= 0.6 is 0 Å². The van der Waals surface area contributed by atoms with Crippen molar-refractivity contribution in [2.24, 2.45) is 0 Å². The minimum atomic E-state index is -0.0114. The number of ether oxygens (including phenoxy) is 1. The highest BCUT2D eigenvalue weighted by Crippen LogP contribution is 2.29. The van der Waals surface area contributed by atoms with Crippen molar-refractivity contribution in [1.29, 1.82) is 0 Å². The maximum atomic E-state index is 12.7. The number of hydrogen-bond acceptors (Lipinski definition) is 6. The quantitative estimate of drug-likeness (QED) is 0.707. The number of likely N-dealkylation sites (tertiary alicyclic amines) is 1. The number of nitrogens with zero attached hydrogens (tertiary/aromatic N) is 4. The van der Waals surface area contributed by atoms with Gasteiger partial charge in [0.1, 0.15) is 5.75 Å². The van der Waals surface area contributed by atoms with Crippen molar-refractivity contribution in [3.8, 4) is 17.2 Å². The molecule has 0 spiro atoms. The molecule has 1 saturated heterocycles. The second-order valence-electron chi connectivity index (χ2n) is 6.51. The molecule has 1 amide bonds. The Hall–Kier alpha value is -3.22. The third-order valence-corrected chi connectivity index (χ3v) is 4.74. The fourth-order valence-corrected chi connectivity index (χ4v) is 3.28. The summed E-state index contributed by atoms with van der Waals surface area (Å²) >= 11 is 0. The van der Waals surface area contributed by atoms with E-state index in [9.17, 15) is 4.79 Å². The second-order valence-corrected chi connectivity index (χ2v) is 6.51. The molecule has 0 bridgehead atoms. The van der Waals surface area contributed by atoms with E-state index in [0.717, 1.165) is 30.7 Å². The molecular weight excluding hydrogens is 344 g/mol. The smallest absolute Gasteiger partial charge is 0.255 e. The van der Waals surface area contributed by atoms with E-state index in [1.54, 1.807) is 31.6 Å². The molecule has 0 aliphatic carbocycles. The number of hydrogen-bond donors (Lipinski definition) is 0. The summed E-state index contributed by atoms with van der Waals surface area (Å²) in [6, 6.07) is 11.0.